The van der Waals surface area contributed by atoms with E-state index in [1.807, 2.05) is 42.5 Å². The summed E-state index contributed by atoms with van der Waals surface area (Å²) in [5.41, 5.74) is 3.97. The van der Waals surface area contributed by atoms with Crippen LogP contribution in [0.25, 0.3) is 11.1 Å². The molecule has 0 amide bonds. The van der Waals surface area contributed by atoms with Crippen LogP contribution < -0.4 is 14.8 Å². The van der Waals surface area contributed by atoms with E-state index in [-0.39, 0.29) is 28.9 Å². The van der Waals surface area contributed by atoms with E-state index in [1.54, 1.807) is 0 Å². The van der Waals surface area contributed by atoms with Crippen molar-refractivity contribution in [3.8, 4) is 22.6 Å². The van der Waals surface area contributed by atoms with Gasteiger partial charge in [0.1, 0.15) is 5.78 Å². The van der Waals surface area contributed by atoms with Crippen molar-refractivity contribution in [1.29, 1.82) is 0 Å². The van der Waals surface area contributed by atoms with E-state index in [9.17, 15) is 4.79 Å². The minimum Gasteiger partial charge on any atom is -0.454 e. The Balaban J connectivity index is 0.000000369. The number of Topliss-reactive ketones (excluding diaryl/α,β-unsaturated/α-hetero) is 1. The third-order valence-electron chi connectivity index (χ3n) is 7.24. The number of carbonyl (C=O) groups is 1. The van der Waals surface area contributed by atoms with Crippen LogP contribution in [0.5, 0.6) is 11.5 Å². The summed E-state index contributed by atoms with van der Waals surface area (Å²) in [7, 11) is 0. The number of benzene rings is 3. The van der Waals surface area contributed by atoms with Gasteiger partial charge in [-0.1, -0.05) is 49.4 Å². The summed E-state index contributed by atoms with van der Waals surface area (Å²) in [5, 5.41) is 3.33. The molecular weight excluding hydrogens is 486 g/mol. The highest BCUT2D eigenvalue weighted by molar-refractivity contribution is 7.80. The third kappa shape index (κ3) is 6.73. The van der Waals surface area contributed by atoms with Gasteiger partial charge in [0, 0.05) is 11.3 Å². The largest absolute Gasteiger partial charge is 0.454 e. The van der Waals surface area contributed by atoms with Crippen molar-refractivity contribution in [2.75, 3.05) is 19.9 Å². The molecule has 1 aliphatic carbocycles. The van der Waals surface area contributed by atoms with Gasteiger partial charge < -0.3 is 25.7 Å². The van der Waals surface area contributed by atoms with Crippen molar-refractivity contribution in [3.63, 3.8) is 0 Å². The number of nitrogens with one attached hydrogen (secondary N) is 1. The lowest BCUT2D eigenvalue weighted by atomic mass is 9.87. The third-order valence-corrected chi connectivity index (χ3v) is 7.54. The number of ether oxygens (including phenoxy) is 2. The van der Waals surface area contributed by atoms with E-state index in [0.29, 0.717) is 6.42 Å². The fourth-order valence-corrected chi connectivity index (χ4v) is 5.09. The van der Waals surface area contributed by atoms with Crippen LogP contribution in [-0.2, 0) is 16.6 Å². The molecule has 3 aliphatic rings. The summed E-state index contributed by atoms with van der Waals surface area (Å²) in [4.78, 5) is 14.1. The van der Waals surface area contributed by atoms with Crippen molar-refractivity contribution in [2.45, 2.75) is 49.3 Å². The molecule has 37 heavy (non-hydrogen) atoms. The highest BCUT2D eigenvalue weighted by atomic mass is 32.1. The van der Waals surface area contributed by atoms with Gasteiger partial charge in [-0.25, -0.2) is 0 Å². The first-order valence-corrected chi connectivity index (χ1v) is 13.0. The van der Waals surface area contributed by atoms with Crippen LogP contribution in [-0.4, -0.2) is 36.6 Å². The predicted octanol–water partition coefficient (Wildman–Crippen LogP) is 4.57. The molecule has 0 radical (unpaired) electrons. The molecule has 0 bridgehead atoms. The zero-order valence-corrected chi connectivity index (χ0v) is 22.2. The first kappa shape index (κ1) is 28.7. The van der Waals surface area contributed by atoms with Gasteiger partial charge in [-0.3, -0.25) is 4.79 Å². The lowest BCUT2D eigenvalue weighted by molar-refractivity contribution is -0.120. The van der Waals surface area contributed by atoms with Crippen LogP contribution in [0, 0.1) is 5.92 Å². The van der Waals surface area contributed by atoms with Crippen LogP contribution in [0.4, 0.5) is 0 Å². The van der Waals surface area contributed by atoms with Gasteiger partial charge in [0.15, 0.2) is 11.5 Å². The molecule has 3 aromatic rings. The Morgan fingerprint density at radius 1 is 0.973 bits per heavy atom. The summed E-state index contributed by atoms with van der Waals surface area (Å²) in [5.74, 6) is 2.70. The van der Waals surface area contributed by atoms with Gasteiger partial charge in [0.25, 0.3) is 0 Å². The lowest BCUT2D eigenvalue weighted by Gasteiger charge is -2.17. The number of carbonyl (C=O) groups excluding carboxylic acids is 1. The molecular formula is C30H37NO5S. The van der Waals surface area contributed by atoms with Crippen LogP contribution in [0.1, 0.15) is 43.7 Å². The first-order chi connectivity index (χ1) is 17.0. The summed E-state index contributed by atoms with van der Waals surface area (Å²) in [6.07, 6.45) is 5.03. The molecule has 1 unspecified atom stereocenters. The number of rotatable bonds is 5. The second-order valence-electron chi connectivity index (χ2n) is 9.95. The van der Waals surface area contributed by atoms with Gasteiger partial charge in [-0.2, -0.15) is 0 Å². The van der Waals surface area contributed by atoms with E-state index in [1.165, 1.54) is 25.9 Å². The summed E-state index contributed by atoms with van der Waals surface area (Å²) >= 11 is 4.35. The summed E-state index contributed by atoms with van der Waals surface area (Å²) in [6.45, 7) is 5.03. The monoisotopic (exact) mass is 523 g/mol. The number of hydrogen-bond donors (Lipinski definition) is 2. The summed E-state index contributed by atoms with van der Waals surface area (Å²) < 4.78 is 10.9. The average molecular weight is 524 g/mol. The Labute approximate surface area is 224 Å². The van der Waals surface area contributed by atoms with Gasteiger partial charge in [-0.05, 0) is 91.2 Å². The van der Waals surface area contributed by atoms with Crippen LogP contribution in [0.15, 0.2) is 71.6 Å². The Morgan fingerprint density at radius 2 is 1.73 bits per heavy atom. The molecule has 1 saturated carbocycles. The number of fused-ring (bicyclic) bond motifs is 1. The van der Waals surface area contributed by atoms with Crippen LogP contribution in [0.3, 0.4) is 0 Å². The van der Waals surface area contributed by atoms with Gasteiger partial charge >= 0.3 is 0 Å². The summed E-state index contributed by atoms with van der Waals surface area (Å²) in [6, 6.07) is 22.2. The minimum absolute atomic E-state index is 0. The van der Waals surface area contributed by atoms with Crippen molar-refractivity contribution in [1.82, 2.24) is 5.32 Å². The molecule has 0 aromatic heterocycles. The van der Waals surface area contributed by atoms with Crippen molar-refractivity contribution in [2.24, 2.45) is 5.92 Å². The van der Waals surface area contributed by atoms with E-state index in [0.717, 1.165) is 57.4 Å². The Kier molecular flexibility index (Phi) is 9.79. The highest BCUT2D eigenvalue weighted by Crippen LogP contribution is 2.51. The molecule has 198 valence electrons. The van der Waals surface area contributed by atoms with Gasteiger partial charge in [0.2, 0.25) is 6.79 Å². The second kappa shape index (κ2) is 12.6. The standard InChI is InChI=1S/C24H20O3S.C6H13N.2H2O/c25-23(24(10-11-24)19-6-9-21-22(14-19)27-15-26-21)13-16-2-1-3-18(12-16)17-4-7-20(28)8-5-17;1-6-3-2-4-7-5-6;;/h1-9,12,14,28H,10-11,13,15H2;6-7H,2-5H2,1H3;2*1H2. The smallest absolute Gasteiger partial charge is 0.231 e. The molecule has 5 N–H and O–H groups in total. The van der Waals surface area contributed by atoms with Crippen molar-refractivity contribution in [3.05, 3.63) is 77.9 Å². The number of thiol groups is 1. The van der Waals surface area contributed by atoms with E-state index in [2.05, 4.69) is 49.1 Å². The minimum atomic E-state index is -0.370. The molecule has 7 heteroatoms. The molecule has 2 aliphatic heterocycles. The molecule has 1 atom stereocenters. The van der Waals surface area contributed by atoms with E-state index in [4.69, 9.17) is 9.47 Å². The maximum atomic E-state index is 13.2. The zero-order chi connectivity index (χ0) is 24.3. The van der Waals surface area contributed by atoms with Gasteiger partial charge in [0.05, 0.1) is 5.41 Å². The predicted molar refractivity (Wildman–Crippen MR) is 150 cm³/mol. The van der Waals surface area contributed by atoms with E-state index >= 15 is 0 Å². The maximum absolute atomic E-state index is 13.2. The molecule has 2 heterocycles. The zero-order valence-electron chi connectivity index (χ0n) is 21.3. The van der Waals surface area contributed by atoms with Crippen molar-refractivity contribution >= 4 is 18.4 Å². The molecule has 0 spiro atoms. The topological polar surface area (TPSA) is 111 Å². The van der Waals surface area contributed by atoms with Crippen LogP contribution >= 0.6 is 12.6 Å². The first-order valence-electron chi connectivity index (χ1n) is 12.6. The highest BCUT2D eigenvalue weighted by Gasteiger charge is 2.50. The molecule has 3 aromatic carbocycles. The number of piperidine rings is 1. The lowest BCUT2D eigenvalue weighted by Crippen LogP contribution is -2.27. The molecule has 2 fully saturated rings. The molecule has 1 saturated heterocycles. The van der Waals surface area contributed by atoms with E-state index < -0.39 is 0 Å². The fraction of sp³-hybridized carbons (Fsp3) is 0.367. The number of ketones is 1. The number of hydrogen-bond acceptors (Lipinski definition) is 5. The fourth-order valence-electron chi connectivity index (χ4n) is 4.94. The molecule has 6 nitrogen and oxygen atoms in total. The Morgan fingerprint density at radius 3 is 2.38 bits per heavy atom. The Hall–Kier alpha value is -2.84. The average Bonchev–Trinajstić information content (AvgIpc) is 3.56. The van der Waals surface area contributed by atoms with Gasteiger partial charge in [-0.15, -0.1) is 12.6 Å². The normalized spacial score (nSPS) is 18.4. The quantitative estimate of drug-likeness (QED) is 0.477. The Bertz CT molecular complexity index is 1190. The van der Waals surface area contributed by atoms with Crippen molar-refractivity contribution < 1.29 is 25.2 Å². The SMILES string of the molecule is CC1CCCNC1.O.O.O=C(Cc1cccc(-c2ccc(S)cc2)c1)C1(c2ccc3c(c2)OCO3)CC1. The van der Waals surface area contributed by atoms with Crippen LogP contribution in [0.2, 0.25) is 0 Å². The second-order valence-corrected chi connectivity index (χ2v) is 10.5. The molecule has 6 rings (SSSR count). The maximum Gasteiger partial charge on any atom is 0.231 e.